The Balaban J connectivity index is 1.49. The first-order valence-electron chi connectivity index (χ1n) is 11.8. The van der Waals surface area contributed by atoms with Gasteiger partial charge in [0, 0.05) is 13.0 Å². The van der Waals surface area contributed by atoms with Crippen LogP contribution in [0.1, 0.15) is 18.4 Å². The molecule has 2 atom stereocenters. The normalized spacial score (nSPS) is 17.6. The smallest absolute Gasteiger partial charge is 0.305 e. The lowest BCUT2D eigenvalue weighted by atomic mass is 10.0. The highest BCUT2D eigenvalue weighted by Crippen LogP contribution is 2.33. The van der Waals surface area contributed by atoms with Gasteiger partial charge in [-0.05, 0) is 72.0 Å². The van der Waals surface area contributed by atoms with E-state index in [1.807, 2.05) is 36.4 Å². The Morgan fingerprint density at radius 3 is 2.11 bits per heavy atom. The van der Waals surface area contributed by atoms with Gasteiger partial charge in [-0.2, -0.15) is 9.57 Å². The molecule has 3 aromatic carbocycles. The van der Waals surface area contributed by atoms with Crippen molar-refractivity contribution in [1.82, 2.24) is 4.31 Å². The second-order valence-corrected chi connectivity index (χ2v) is 10.7. The SMILES string of the molecule is COC(=O)C[C@@H]1C[C@@H](COc2ccc(-c3ccc(C#N)cc3)cc2)N(S(=O)(=O)c2ccc(OC)cc2)C1. The van der Waals surface area contributed by atoms with Crippen LogP contribution in [0, 0.1) is 17.2 Å². The molecule has 0 aromatic heterocycles. The molecule has 37 heavy (non-hydrogen) atoms. The number of rotatable bonds is 9. The van der Waals surface area contributed by atoms with Crippen molar-refractivity contribution in [1.29, 1.82) is 5.26 Å². The van der Waals surface area contributed by atoms with Crippen LogP contribution in [0.4, 0.5) is 0 Å². The number of methoxy groups -OCH3 is 2. The molecule has 0 unspecified atom stereocenters. The van der Waals surface area contributed by atoms with Crippen molar-refractivity contribution in [2.24, 2.45) is 5.92 Å². The summed E-state index contributed by atoms with van der Waals surface area (Å²) in [5, 5.41) is 8.98. The summed E-state index contributed by atoms with van der Waals surface area (Å²) in [4.78, 5) is 12.0. The van der Waals surface area contributed by atoms with Gasteiger partial charge in [0.05, 0.1) is 36.8 Å². The zero-order valence-corrected chi connectivity index (χ0v) is 21.5. The zero-order chi connectivity index (χ0) is 26.4. The largest absolute Gasteiger partial charge is 0.497 e. The summed E-state index contributed by atoms with van der Waals surface area (Å²) in [6.45, 7) is 0.346. The number of sulfonamides is 1. The van der Waals surface area contributed by atoms with Crippen LogP contribution >= 0.6 is 0 Å². The number of carbonyl (C=O) groups excluding carboxylic acids is 1. The summed E-state index contributed by atoms with van der Waals surface area (Å²) in [7, 11) is -0.974. The van der Waals surface area contributed by atoms with E-state index in [1.54, 1.807) is 24.3 Å². The first kappa shape index (κ1) is 26.2. The van der Waals surface area contributed by atoms with Gasteiger partial charge in [0.25, 0.3) is 0 Å². The molecule has 3 aromatic rings. The molecule has 1 saturated heterocycles. The second-order valence-electron chi connectivity index (χ2n) is 8.81. The number of nitriles is 1. The second kappa shape index (κ2) is 11.5. The summed E-state index contributed by atoms with van der Waals surface area (Å²) in [6, 6.07) is 22.7. The lowest BCUT2D eigenvalue weighted by Gasteiger charge is -2.24. The fourth-order valence-corrected chi connectivity index (χ4v) is 6.15. The summed E-state index contributed by atoms with van der Waals surface area (Å²) < 4.78 is 44.4. The predicted octanol–water partition coefficient (Wildman–Crippen LogP) is 4.26. The Morgan fingerprint density at radius 1 is 0.946 bits per heavy atom. The molecular weight excluding hydrogens is 492 g/mol. The third-order valence-electron chi connectivity index (χ3n) is 6.44. The molecule has 8 nitrogen and oxygen atoms in total. The molecule has 1 fully saturated rings. The van der Waals surface area contributed by atoms with Crippen molar-refractivity contribution in [3.05, 3.63) is 78.4 Å². The summed E-state index contributed by atoms with van der Waals surface area (Å²) in [5.74, 6) is 0.628. The van der Waals surface area contributed by atoms with E-state index in [0.29, 0.717) is 23.5 Å². The van der Waals surface area contributed by atoms with Crippen LogP contribution in [-0.2, 0) is 19.6 Å². The fraction of sp³-hybridized carbons (Fsp3) is 0.286. The molecule has 0 bridgehead atoms. The molecule has 1 aliphatic rings. The standard InChI is InChI=1S/C28H28N2O6S/c1-34-25-11-13-27(14-12-25)37(32,33)30-18-21(16-28(31)35-2)15-24(30)19-36-26-9-7-23(8-10-26)22-5-3-20(17-29)4-6-22/h3-14,21,24H,15-16,18-19H2,1-2H3/t21-,24-/m0/s1. The topological polar surface area (TPSA) is 106 Å². The van der Waals surface area contributed by atoms with Crippen LogP contribution in [0.3, 0.4) is 0 Å². The van der Waals surface area contributed by atoms with Gasteiger partial charge in [-0.25, -0.2) is 8.42 Å². The molecule has 192 valence electrons. The van der Waals surface area contributed by atoms with Gasteiger partial charge in [0.2, 0.25) is 10.0 Å². The molecular formula is C28H28N2O6S. The van der Waals surface area contributed by atoms with Gasteiger partial charge in [-0.3, -0.25) is 4.79 Å². The van der Waals surface area contributed by atoms with E-state index in [4.69, 9.17) is 19.5 Å². The molecule has 0 saturated carbocycles. The van der Waals surface area contributed by atoms with Crippen LogP contribution in [-0.4, -0.2) is 52.1 Å². The minimum atomic E-state index is -3.82. The van der Waals surface area contributed by atoms with Gasteiger partial charge >= 0.3 is 5.97 Å². The fourth-order valence-electron chi connectivity index (χ4n) is 4.45. The van der Waals surface area contributed by atoms with Gasteiger partial charge in [0.15, 0.2) is 0 Å². The van der Waals surface area contributed by atoms with E-state index in [2.05, 4.69) is 6.07 Å². The Hall–Kier alpha value is -3.87. The number of carbonyl (C=O) groups is 1. The average molecular weight is 521 g/mol. The maximum absolute atomic E-state index is 13.5. The van der Waals surface area contributed by atoms with Gasteiger partial charge in [-0.1, -0.05) is 24.3 Å². The van der Waals surface area contributed by atoms with Crippen LogP contribution in [0.5, 0.6) is 11.5 Å². The molecule has 9 heteroatoms. The summed E-state index contributed by atoms with van der Waals surface area (Å²) in [5.41, 5.74) is 2.54. The van der Waals surface area contributed by atoms with E-state index in [1.165, 1.54) is 30.7 Å². The average Bonchev–Trinajstić information content (AvgIpc) is 3.35. The highest BCUT2D eigenvalue weighted by atomic mass is 32.2. The van der Waals surface area contributed by atoms with Gasteiger partial charge in [0.1, 0.15) is 18.1 Å². The minimum Gasteiger partial charge on any atom is -0.497 e. The van der Waals surface area contributed by atoms with E-state index in [0.717, 1.165) is 11.1 Å². The van der Waals surface area contributed by atoms with Crippen LogP contribution in [0.2, 0.25) is 0 Å². The van der Waals surface area contributed by atoms with Crippen molar-refractivity contribution in [3.8, 4) is 28.7 Å². The Labute approximate surface area is 217 Å². The summed E-state index contributed by atoms with van der Waals surface area (Å²) in [6.07, 6.45) is 0.620. The van der Waals surface area contributed by atoms with E-state index < -0.39 is 16.1 Å². The first-order valence-corrected chi connectivity index (χ1v) is 13.2. The molecule has 1 heterocycles. The maximum atomic E-state index is 13.5. The van der Waals surface area contributed by atoms with E-state index in [9.17, 15) is 13.2 Å². The number of ether oxygens (including phenoxy) is 3. The lowest BCUT2D eigenvalue weighted by Crippen LogP contribution is -2.39. The molecule has 1 aliphatic heterocycles. The number of benzene rings is 3. The first-order chi connectivity index (χ1) is 17.8. The molecule has 4 rings (SSSR count). The van der Waals surface area contributed by atoms with Crippen molar-refractivity contribution >= 4 is 16.0 Å². The van der Waals surface area contributed by atoms with Crippen LogP contribution in [0.15, 0.2) is 77.7 Å². The van der Waals surface area contributed by atoms with Crippen molar-refractivity contribution in [2.75, 3.05) is 27.4 Å². The lowest BCUT2D eigenvalue weighted by molar-refractivity contribution is -0.141. The maximum Gasteiger partial charge on any atom is 0.305 e. The summed E-state index contributed by atoms with van der Waals surface area (Å²) >= 11 is 0. The highest BCUT2D eigenvalue weighted by molar-refractivity contribution is 7.89. The van der Waals surface area contributed by atoms with Gasteiger partial charge < -0.3 is 14.2 Å². The van der Waals surface area contributed by atoms with E-state index in [-0.39, 0.29) is 36.4 Å². The molecule has 0 amide bonds. The van der Waals surface area contributed by atoms with Gasteiger partial charge in [-0.15, -0.1) is 0 Å². The Morgan fingerprint density at radius 2 is 1.54 bits per heavy atom. The molecule has 0 radical (unpaired) electrons. The molecule has 0 aliphatic carbocycles. The van der Waals surface area contributed by atoms with E-state index >= 15 is 0 Å². The minimum absolute atomic E-state index is 0.140. The number of hydrogen-bond donors (Lipinski definition) is 0. The third kappa shape index (κ3) is 6.10. The Bertz CT molecular complexity index is 1360. The number of nitrogens with zero attached hydrogens (tertiary/aromatic N) is 2. The van der Waals surface area contributed by atoms with Crippen molar-refractivity contribution < 1.29 is 27.4 Å². The third-order valence-corrected chi connectivity index (χ3v) is 8.38. The molecule has 0 spiro atoms. The number of esters is 1. The monoisotopic (exact) mass is 520 g/mol. The highest BCUT2D eigenvalue weighted by Gasteiger charge is 2.41. The van der Waals surface area contributed by atoms with Crippen LogP contribution in [0.25, 0.3) is 11.1 Å². The number of hydrogen-bond acceptors (Lipinski definition) is 7. The van der Waals surface area contributed by atoms with Crippen LogP contribution < -0.4 is 9.47 Å². The zero-order valence-electron chi connectivity index (χ0n) is 20.7. The predicted molar refractivity (Wildman–Crippen MR) is 138 cm³/mol. The van der Waals surface area contributed by atoms with Crippen molar-refractivity contribution in [2.45, 2.75) is 23.8 Å². The molecule has 0 N–H and O–H groups in total. The Kier molecular flexibility index (Phi) is 8.11. The quantitative estimate of drug-likeness (QED) is 0.388. The van der Waals surface area contributed by atoms with Crippen molar-refractivity contribution in [3.63, 3.8) is 0 Å².